The maximum Gasteiger partial charge on any atom is 0.306 e. The summed E-state index contributed by atoms with van der Waals surface area (Å²) in [4.78, 5) is 29.2. The van der Waals surface area contributed by atoms with Crippen molar-refractivity contribution in [1.29, 1.82) is 0 Å². The van der Waals surface area contributed by atoms with Gasteiger partial charge in [0, 0.05) is 10.6 Å². The number of thioether (sulfide) groups is 1. The summed E-state index contributed by atoms with van der Waals surface area (Å²) in [6, 6.07) is 12.8. The molecule has 1 heterocycles. The number of para-hydroxylation sites is 1. The quantitative estimate of drug-likeness (QED) is 0.503. The van der Waals surface area contributed by atoms with Gasteiger partial charge in [0.2, 0.25) is 0 Å². The topological polar surface area (TPSA) is 61.2 Å². The summed E-state index contributed by atoms with van der Waals surface area (Å²) in [7, 11) is 1.35. The lowest BCUT2D eigenvalue weighted by Gasteiger charge is -2.10. The van der Waals surface area contributed by atoms with Crippen LogP contribution in [0.2, 0.25) is 5.02 Å². The first-order valence-corrected chi connectivity index (χ1v) is 8.93. The minimum absolute atomic E-state index is 0.225. The number of carbonyl (C=O) groups is 1. The molecule has 128 valence electrons. The number of benzene rings is 2. The Hall–Kier alpha value is -2.31. The highest BCUT2D eigenvalue weighted by atomic mass is 35.5. The van der Waals surface area contributed by atoms with Crippen LogP contribution in [0.1, 0.15) is 6.42 Å². The summed E-state index contributed by atoms with van der Waals surface area (Å²) in [5.41, 5.74) is 1.04. The Morgan fingerprint density at radius 1 is 1.24 bits per heavy atom. The SMILES string of the molecule is COC(=O)CCSc1ccc2ncn(-c3ccccc3)c(=O)c2c1Cl. The van der Waals surface area contributed by atoms with Gasteiger partial charge in [-0.2, -0.15) is 0 Å². The molecule has 0 aliphatic heterocycles. The summed E-state index contributed by atoms with van der Waals surface area (Å²) in [5.74, 6) is 0.239. The number of carbonyl (C=O) groups excluding carboxylic acids is 1. The molecule has 0 radical (unpaired) electrons. The maximum atomic E-state index is 12.9. The van der Waals surface area contributed by atoms with Crippen molar-refractivity contribution in [2.75, 3.05) is 12.9 Å². The molecule has 0 unspecified atom stereocenters. The van der Waals surface area contributed by atoms with Crippen molar-refractivity contribution in [1.82, 2.24) is 9.55 Å². The van der Waals surface area contributed by atoms with Crippen LogP contribution in [0, 0.1) is 0 Å². The second-order valence-electron chi connectivity index (χ2n) is 5.20. The summed E-state index contributed by atoms with van der Waals surface area (Å²) in [6.07, 6.45) is 1.78. The Bertz CT molecular complexity index is 973. The fourth-order valence-corrected chi connectivity index (χ4v) is 3.67. The standard InChI is InChI=1S/C18H15ClN2O3S/c1-24-15(22)9-10-25-14-8-7-13-16(17(14)19)18(23)21(11-20-13)12-5-3-2-4-6-12/h2-8,11H,9-10H2,1H3. The Labute approximate surface area is 153 Å². The van der Waals surface area contributed by atoms with Gasteiger partial charge >= 0.3 is 5.97 Å². The van der Waals surface area contributed by atoms with E-state index in [4.69, 9.17) is 11.6 Å². The summed E-state index contributed by atoms with van der Waals surface area (Å²) < 4.78 is 6.09. The minimum atomic E-state index is -0.280. The third kappa shape index (κ3) is 3.70. The number of halogens is 1. The highest BCUT2D eigenvalue weighted by molar-refractivity contribution is 7.99. The van der Waals surface area contributed by atoms with Crippen LogP contribution in [-0.2, 0) is 9.53 Å². The monoisotopic (exact) mass is 374 g/mol. The molecule has 0 amide bonds. The third-order valence-electron chi connectivity index (χ3n) is 3.66. The molecule has 25 heavy (non-hydrogen) atoms. The molecule has 0 aliphatic rings. The van der Waals surface area contributed by atoms with E-state index in [1.807, 2.05) is 36.4 Å². The molecule has 3 rings (SSSR count). The zero-order valence-electron chi connectivity index (χ0n) is 13.4. The number of rotatable bonds is 5. The number of hydrogen-bond acceptors (Lipinski definition) is 5. The van der Waals surface area contributed by atoms with Gasteiger partial charge in [0.15, 0.2) is 0 Å². The predicted molar refractivity (Wildman–Crippen MR) is 99.7 cm³/mol. The molecule has 7 heteroatoms. The van der Waals surface area contributed by atoms with Crippen LogP contribution in [0.5, 0.6) is 0 Å². The van der Waals surface area contributed by atoms with Gasteiger partial charge in [-0.3, -0.25) is 14.2 Å². The van der Waals surface area contributed by atoms with E-state index >= 15 is 0 Å². The van der Waals surface area contributed by atoms with Gasteiger partial charge in [0.25, 0.3) is 5.56 Å². The second kappa shape index (κ2) is 7.72. The second-order valence-corrected chi connectivity index (χ2v) is 6.72. The number of methoxy groups -OCH3 is 1. The smallest absolute Gasteiger partial charge is 0.306 e. The fourth-order valence-electron chi connectivity index (χ4n) is 2.38. The van der Waals surface area contributed by atoms with E-state index in [1.165, 1.54) is 29.8 Å². The van der Waals surface area contributed by atoms with Crippen LogP contribution in [0.25, 0.3) is 16.6 Å². The minimum Gasteiger partial charge on any atom is -0.469 e. The van der Waals surface area contributed by atoms with Crippen molar-refractivity contribution >= 4 is 40.2 Å². The third-order valence-corrected chi connectivity index (χ3v) is 5.22. The molecule has 0 saturated heterocycles. The normalized spacial score (nSPS) is 10.8. The molecular weight excluding hydrogens is 360 g/mol. The lowest BCUT2D eigenvalue weighted by Crippen LogP contribution is -2.19. The molecular formula is C18H15ClN2O3S. The van der Waals surface area contributed by atoms with Crippen molar-refractivity contribution in [3.8, 4) is 5.69 Å². The molecule has 5 nitrogen and oxygen atoms in total. The molecule has 2 aromatic carbocycles. The Kier molecular flexibility index (Phi) is 5.40. The first-order chi connectivity index (χ1) is 12.1. The van der Waals surface area contributed by atoms with Crippen molar-refractivity contribution < 1.29 is 9.53 Å². The van der Waals surface area contributed by atoms with Crippen molar-refractivity contribution in [2.24, 2.45) is 0 Å². The zero-order chi connectivity index (χ0) is 17.8. The Morgan fingerprint density at radius 3 is 2.72 bits per heavy atom. The number of hydrogen-bond donors (Lipinski definition) is 0. The number of aromatic nitrogens is 2. The summed E-state index contributed by atoms with van der Waals surface area (Å²) >= 11 is 7.87. The van der Waals surface area contributed by atoms with Crippen LogP contribution in [0.4, 0.5) is 0 Å². The molecule has 0 aliphatic carbocycles. The summed E-state index contributed by atoms with van der Waals surface area (Å²) in [5, 5.41) is 0.728. The van der Waals surface area contributed by atoms with Crippen LogP contribution in [0.15, 0.2) is 58.5 Å². The highest BCUT2D eigenvalue weighted by Crippen LogP contribution is 2.32. The first kappa shape index (κ1) is 17.5. The maximum absolute atomic E-state index is 12.9. The lowest BCUT2D eigenvalue weighted by molar-refractivity contribution is -0.140. The van der Waals surface area contributed by atoms with Gasteiger partial charge in [-0.25, -0.2) is 4.98 Å². The van der Waals surface area contributed by atoms with Gasteiger partial charge in [-0.05, 0) is 24.3 Å². The average Bonchev–Trinajstić information content (AvgIpc) is 2.64. The number of ether oxygens (including phenoxy) is 1. The van der Waals surface area contributed by atoms with Crippen molar-refractivity contribution in [2.45, 2.75) is 11.3 Å². The van der Waals surface area contributed by atoms with Crippen LogP contribution < -0.4 is 5.56 Å². The Morgan fingerprint density at radius 2 is 2.00 bits per heavy atom. The predicted octanol–water partition coefficient (Wildman–Crippen LogP) is 3.69. The molecule has 0 fully saturated rings. The molecule has 0 atom stereocenters. The fraction of sp³-hybridized carbons (Fsp3) is 0.167. The largest absolute Gasteiger partial charge is 0.469 e. The molecule has 1 aromatic heterocycles. The zero-order valence-corrected chi connectivity index (χ0v) is 15.0. The lowest BCUT2D eigenvalue weighted by atomic mass is 10.2. The van der Waals surface area contributed by atoms with Crippen molar-refractivity contribution in [3.63, 3.8) is 0 Å². The van der Waals surface area contributed by atoms with Gasteiger partial charge in [-0.1, -0.05) is 29.8 Å². The molecule has 0 bridgehead atoms. The van der Waals surface area contributed by atoms with Crippen molar-refractivity contribution in [3.05, 3.63) is 64.2 Å². The Balaban J connectivity index is 2.00. The van der Waals surface area contributed by atoms with E-state index in [1.54, 1.807) is 6.07 Å². The molecule has 0 N–H and O–H groups in total. The van der Waals surface area contributed by atoms with Gasteiger partial charge in [0.05, 0.1) is 35.1 Å². The van der Waals surface area contributed by atoms with Gasteiger partial charge < -0.3 is 4.74 Å². The van der Waals surface area contributed by atoms with E-state index in [0.29, 0.717) is 21.7 Å². The van der Waals surface area contributed by atoms with E-state index in [-0.39, 0.29) is 17.9 Å². The van der Waals surface area contributed by atoms with Crippen LogP contribution in [-0.4, -0.2) is 28.4 Å². The number of nitrogens with zero attached hydrogens (tertiary/aromatic N) is 2. The molecule has 0 saturated carbocycles. The van der Waals surface area contributed by atoms with E-state index in [2.05, 4.69) is 9.72 Å². The van der Waals surface area contributed by atoms with Gasteiger partial charge in [-0.15, -0.1) is 11.8 Å². The van der Waals surface area contributed by atoms with Crippen LogP contribution in [0.3, 0.4) is 0 Å². The number of esters is 1. The summed E-state index contributed by atoms with van der Waals surface area (Å²) in [6.45, 7) is 0. The van der Waals surface area contributed by atoms with Gasteiger partial charge in [0.1, 0.15) is 6.33 Å². The van der Waals surface area contributed by atoms with E-state index in [9.17, 15) is 9.59 Å². The highest BCUT2D eigenvalue weighted by Gasteiger charge is 2.13. The van der Waals surface area contributed by atoms with Crippen LogP contribution >= 0.6 is 23.4 Å². The average molecular weight is 375 g/mol. The molecule has 0 spiro atoms. The van der Waals surface area contributed by atoms with E-state index in [0.717, 1.165) is 10.6 Å². The van der Waals surface area contributed by atoms with E-state index < -0.39 is 0 Å². The number of fused-ring (bicyclic) bond motifs is 1. The first-order valence-electron chi connectivity index (χ1n) is 7.56. The molecule has 3 aromatic rings.